The van der Waals surface area contributed by atoms with E-state index < -0.39 is 26.7 Å². The number of rotatable bonds is 4. The average molecular weight is 264 g/mol. The van der Waals surface area contributed by atoms with Gasteiger partial charge in [0.2, 0.25) is 5.88 Å². The predicted octanol–water partition coefficient (Wildman–Crippen LogP) is -0.148. The minimum Gasteiger partial charge on any atom is -0.479 e. The summed E-state index contributed by atoms with van der Waals surface area (Å²) in [6.07, 6.45) is 0. The fourth-order valence-corrected chi connectivity index (χ4v) is 2.10. The van der Waals surface area contributed by atoms with Crippen LogP contribution in [0.2, 0.25) is 0 Å². The van der Waals surface area contributed by atoms with Gasteiger partial charge in [0, 0.05) is 7.05 Å². The van der Waals surface area contributed by atoms with Gasteiger partial charge in [0.15, 0.2) is 10.6 Å². The van der Waals surface area contributed by atoms with Gasteiger partial charge in [-0.15, -0.1) is 5.10 Å². The van der Waals surface area contributed by atoms with E-state index in [4.69, 9.17) is 9.29 Å². The molecule has 0 aliphatic carbocycles. The van der Waals surface area contributed by atoms with Gasteiger partial charge in [-0.3, -0.25) is 9.23 Å². The Hall–Kier alpha value is -1.61. The zero-order chi connectivity index (χ0) is 13.2. The lowest BCUT2D eigenvalue weighted by Gasteiger charge is -2.03. The normalized spacial score (nSPS) is 11.3. The Labute approximate surface area is 97.9 Å². The van der Waals surface area contributed by atoms with E-state index >= 15 is 0 Å². The summed E-state index contributed by atoms with van der Waals surface area (Å²) in [6, 6.07) is 0. The Bertz CT molecular complexity index is 532. The molecule has 9 heteroatoms. The molecule has 8 nitrogen and oxygen atoms in total. The highest BCUT2D eigenvalue weighted by molar-refractivity contribution is 7.85. The van der Waals surface area contributed by atoms with Gasteiger partial charge in [-0.25, -0.2) is 4.79 Å². The van der Waals surface area contributed by atoms with Crippen LogP contribution in [0.3, 0.4) is 0 Å². The van der Waals surface area contributed by atoms with Crippen LogP contribution in [0.25, 0.3) is 0 Å². The molecule has 1 aromatic heterocycles. The van der Waals surface area contributed by atoms with Crippen LogP contribution in [0.4, 0.5) is 0 Å². The standard InChI is InChI=1S/C8H12N2O6S/c1-4-16-8(11)5-6(15-3)9-10(2)7(5)17(12,13)14/h4H2,1-3H3,(H,12,13,14). The van der Waals surface area contributed by atoms with E-state index in [1.54, 1.807) is 6.92 Å². The van der Waals surface area contributed by atoms with Crippen molar-refractivity contribution in [3.8, 4) is 5.88 Å². The molecule has 0 aromatic carbocycles. The van der Waals surface area contributed by atoms with Gasteiger partial charge in [0.1, 0.15) is 0 Å². The highest BCUT2D eigenvalue weighted by Crippen LogP contribution is 2.25. The van der Waals surface area contributed by atoms with Crippen molar-refractivity contribution in [2.45, 2.75) is 11.9 Å². The number of carbonyl (C=O) groups is 1. The Balaban J connectivity index is 3.49. The Morgan fingerprint density at radius 1 is 1.53 bits per heavy atom. The number of nitrogens with zero attached hydrogens (tertiary/aromatic N) is 2. The van der Waals surface area contributed by atoms with E-state index in [1.165, 1.54) is 14.2 Å². The number of methoxy groups -OCH3 is 1. The van der Waals surface area contributed by atoms with Crippen LogP contribution in [0.5, 0.6) is 5.88 Å². The van der Waals surface area contributed by atoms with Gasteiger partial charge >= 0.3 is 16.1 Å². The molecule has 0 atom stereocenters. The quantitative estimate of drug-likeness (QED) is 0.595. The monoisotopic (exact) mass is 264 g/mol. The van der Waals surface area contributed by atoms with Gasteiger partial charge in [0.05, 0.1) is 13.7 Å². The van der Waals surface area contributed by atoms with Crippen LogP contribution in [0, 0.1) is 0 Å². The molecule has 0 bridgehead atoms. The van der Waals surface area contributed by atoms with Crippen LogP contribution in [-0.4, -0.2) is 42.4 Å². The van der Waals surface area contributed by atoms with E-state index in [0.29, 0.717) is 0 Å². The molecule has 1 N–H and O–H groups in total. The van der Waals surface area contributed by atoms with Crippen LogP contribution in [0.15, 0.2) is 5.03 Å². The zero-order valence-corrected chi connectivity index (χ0v) is 10.3. The first-order valence-electron chi connectivity index (χ1n) is 4.58. The Morgan fingerprint density at radius 3 is 2.53 bits per heavy atom. The highest BCUT2D eigenvalue weighted by atomic mass is 32.2. The molecule has 0 saturated carbocycles. The van der Waals surface area contributed by atoms with E-state index in [2.05, 4.69) is 9.84 Å². The zero-order valence-electron chi connectivity index (χ0n) is 9.50. The number of aromatic nitrogens is 2. The summed E-state index contributed by atoms with van der Waals surface area (Å²) in [5.74, 6) is -1.15. The number of hydrogen-bond acceptors (Lipinski definition) is 6. The second-order valence-electron chi connectivity index (χ2n) is 3.01. The third-order valence-electron chi connectivity index (χ3n) is 1.88. The fourth-order valence-electron chi connectivity index (χ4n) is 1.30. The first kappa shape index (κ1) is 13.5. The maximum absolute atomic E-state index is 11.6. The topological polar surface area (TPSA) is 108 Å². The summed E-state index contributed by atoms with van der Waals surface area (Å²) in [5, 5.41) is 2.99. The lowest BCUT2D eigenvalue weighted by atomic mass is 10.3. The summed E-state index contributed by atoms with van der Waals surface area (Å²) in [4.78, 5) is 11.6. The van der Waals surface area contributed by atoms with Gasteiger partial charge in [-0.1, -0.05) is 0 Å². The maximum Gasteiger partial charge on any atom is 0.346 e. The predicted molar refractivity (Wildman–Crippen MR) is 55.5 cm³/mol. The van der Waals surface area contributed by atoms with Gasteiger partial charge in [0.25, 0.3) is 0 Å². The smallest absolute Gasteiger partial charge is 0.346 e. The molecule has 0 amide bonds. The lowest BCUT2D eigenvalue weighted by Crippen LogP contribution is -2.13. The number of aryl methyl sites for hydroxylation is 1. The molecule has 0 aliphatic heterocycles. The largest absolute Gasteiger partial charge is 0.479 e. The van der Waals surface area contributed by atoms with Gasteiger partial charge in [-0.2, -0.15) is 8.42 Å². The van der Waals surface area contributed by atoms with Crippen molar-refractivity contribution in [2.24, 2.45) is 7.05 Å². The molecule has 1 heterocycles. The number of ether oxygens (including phenoxy) is 2. The molecular formula is C8H12N2O6S. The van der Waals surface area contributed by atoms with Crippen molar-refractivity contribution in [3.05, 3.63) is 5.56 Å². The minimum absolute atomic E-state index is 0.0573. The number of carbonyl (C=O) groups excluding carboxylic acids is 1. The molecule has 0 spiro atoms. The minimum atomic E-state index is -4.60. The summed E-state index contributed by atoms with van der Waals surface area (Å²) in [7, 11) is -2.12. The van der Waals surface area contributed by atoms with Crippen LogP contribution in [-0.2, 0) is 21.9 Å². The van der Waals surface area contributed by atoms with Crippen molar-refractivity contribution in [2.75, 3.05) is 13.7 Å². The molecule has 96 valence electrons. The van der Waals surface area contributed by atoms with Crippen molar-refractivity contribution >= 4 is 16.1 Å². The molecule has 0 unspecified atom stereocenters. The molecule has 0 aliphatic rings. The number of esters is 1. The first-order chi connectivity index (χ1) is 7.82. The maximum atomic E-state index is 11.6. The van der Waals surface area contributed by atoms with Crippen molar-refractivity contribution in [1.29, 1.82) is 0 Å². The number of hydrogen-bond donors (Lipinski definition) is 1. The van der Waals surface area contributed by atoms with Crippen LogP contribution < -0.4 is 4.74 Å². The second kappa shape index (κ2) is 4.72. The van der Waals surface area contributed by atoms with Gasteiger partial charge < -0.3 is 9.47 Å². The van der Waals surface area contributed by atoms with Gasteiger partial charge in [-0.05, 0) is 6.92 Å². The first-order valence-corrected chi connectivity index (χ1v) is 6.02. The molecular weight excluding hydrogens is 252 g/mol. The molecule has 0 radical (unpaired) electrons. The lowest BCUT2D eigenvalue weighted by molar-refractivity contribution is 0.0517. The molecule has 0 fully saturated rings. The van der Waals surface area contributed by atoms with Crippen molar-refractivity contribution < 1.29 is 27.2 Å². The van der Waals surface area contributed by atoms with E-state index in [9.17, 15) is 13.2 Å². The van der Waals surface area contributed by atoms with E-state index in [1.807, 2.05) is 0 Å². The van der Waals surface area contributed by atoms with E-state index in [-0.39, 0.29) is 12.5 Å². The van der Waals surface area contributed by atoms with Crippen LogP contribution in [0.1, 0.15) is 17.3 Å². The van der Waals surface area contributed by atoms with Crippen molar-refractivity contribution in [1.82, 2.24) is 9.78 Å². The SMILES string of the molecule is CCOC(=O)c1c(OC)nn(C)c1S(=O)(=O)O. The fraction of sp³-hybridized carbons (Fsp3) is 0.500. The molecule has 1 aromatic rings. The molecule has 17 heavy (non-hydrogen) atoms. The third kappa shape index (κ3) is 2.56. The molecule has 0 saturated heterocycles. The molecule has 1 rings (SSSR count). The average Bonchev–Trinajstić information content (AvgIpc) is 2.54. The van der Waals surface area contributed by atoms with E-state index in [0.717, 1.165) is 4.68 Å². The summed E-state index contributed by atoms with van der Waals surface area (Å²) in [5.41, 5.74) is -0.417. The highest BCUT2D eigenvalue weighted by Gasteiger charge is 2.32. The van der Waals surface area contributed by atoms with Crippen molar-refractivity contribution in [3.63, 3.8) is 0 Å². The second-order valence-corrected chi connectivity index (χ2v) is 4.35. The Kier molecular flexibility index (Phi) is 3.73. The Morgan fingerprint density at radius 2 is 2.12 bits per heavy atom. The van der Waals surface area contributed by atoms with Crippen LogP contribution >= 0.6 is 0 Å². The summed E-state index contributed by atoms with van der Waals surface area (Å²) < 4.78 is 41.6. The summed E-state index contributed by atoms with van der Waals surface area (Å²) >= 11 is 0. The summed E-state index contributed by atoms with van der Waals surface area (Å²) in [6.45, 7) is 1.62. The third-order valence-corrected chi connectivity index (χ3v) is 2.84.